The summed E-state index contributed by atoms with van der Waals surface area (Å²) in [7, 11) is 0. The molecule has 0 saturated heterocycles. The van der Waals surface area contributed by atoms with Crippen molar-refractivity contribution in [3.8, 4) is 0 Å². The molecular weight excluding hydrogens is 255 g/mol. The van der Waals surface area contributed by atoms with E-state index in [4.69, 9.17) is 0 Å². The van der Waals surface area contributed by atoms with Gasteiger partial charge in [0.05, 0.1) is 0 Å². The predicted octanol–water partition coefficient (Wildman–Crippen LogP) is 3.88. The van der Waals surface area contributed by atoms with E-state index in [-0.39, 0.29) is 0 Å². The zero-order valence-corrected chi connectivity index (χ0v) is 11.2. The summed E-state index contributed by atoms with van der Waals surface area (Å²) in [4.78, 5) is 3.87. The molecule has 2 heteroatoms. The monoisotopic (exact) mass is 272 g/mol. The topological polar surface area (TPSA) is 0 Å². The van der Waals surface area contributed by atoms with Crippen LogP contribution in [0.2, 0.25) is 5.32 Å². The first-order valence-corrected chi connectivity index (χ1v) is 8.07. The average Bonchev–Trinajstić information content (AvgIpc) is 2.25. The molecule has 0 saturated carbocycles. The Kier molecular flexibility index (Phi) is 6.09. The Morgan fingerprint density at radius 2 is 2.00 bits per heavy atom. The van der Waals surface area contributed by atoms with Gasteiger partial charge in [-0.1, -0.05) is 0 Å². The quantitative estimate of drug-likeness (QED) is 0.732. The van der Waals surface area contributed by atoms with Crippen LogP contribution in [0.3, 0.4) is 0 Å². The summed E-state index contributed by atoms with van der Waals surface area (Å²) in [5, 5.41) is 1.29. The van der Waals surface area contributed by atoms with E-state index in [1.54, 1.807) is 0 Å². The number of thioether (sulfide) groups is 1. The van der Waals surface area contributed by atoms with Crippen LogP contribution in [0.15, 0.2) is 35.3 Å². The summed E-state index contributed by atoms with van der Waals surface area (Å²) in [5.41, 5.74) is 1.37. The first kappa shape index (κ1) is 11.9. The maximum atomic E-state index is 2.41. The van der Waals surface area contributed by atoms with Gasteiger partial charge in [0.1, 0.15) is 0 Å². The first-order valence-electron chi connectivity index (χ1n) is 4.88. The molecule has 0 heterocycles. The molecule has 1 aromatic carbocycles. The van der Waals surface area contributed by atoms with Crippen molar-refractivity contribution in [1.29, 1.82) is 0 Å². The van der Waals surface area contributed by atoms with Gasteiger partial charge >= 0.3 is 97.4 Å². The molecular formula is C12H16SSe. The molecule has 0 aromatic heterocycles. The van der Waals surface area contributed by atoms with E-state index in [0.717, 1.165) is 5.75 Å². The molecule has 0 fully saturated rings. The second kappa shape index (κ2) is 7.16. The van der Waals surface area contributed by atoms with Gasteiger partial charge in [-0.2, -0.15) is 0 Å². The van der Waals surface area contributed by atoms with Crippen LogP contribution in [-0.4, -0.2) is 20.7 Å². The van der Waals surface area contributed by atoms with E-state index in [9.17, 15) is 0 Å². The third-order valence-electron chi connectivity index (χ3n) is 1.72. The molecule has 0 bridgehead atoms. The fraction of sp³-hybridized carbons (Fsp3) is 0.333. The van der Waals surface area contributed by atoms with Gasteiger partial charge in [-0.25, -0.2) is 0 Å². The number of benzene rings is 1. The van der Waals surface area contributed by atoms with E-state index in [1.165, 1.54) is 15.8 Å². The van der Waals surface area contributed by atoms with Gasteiger partial charge in [0, 0.05) is 0 Å². The van der Waals surface area contributed by atoms with Gasteiger partial charge in [-0.05, 0) is 0 Å². The summed E-state index contributed by atoms with van der Waals surface area (Å²) in [5.74, 6) is 1.15. The van der Waals surface area contributed by atoms with Crippen LogP contribution in [0.5, 0.6) is 0 Å². The molecule has 0 nitrogen and oxygen atoms in total. The third-order valence-corrected chi connectivity index (χ3v) is 4.55. The van der Waals surface area contributed by atoms with Crippen molar-refractivity contribution in [1.82, 2.24) is 0 Å². The van der Waals surface area contributed by atoms with E-state index >= 15 is 0 Å². The molecule has 0 aliphatic heterocycles. The fourth-order valence-electron chi connectivity index (χ4n) is 1.10. The fourth-order valence-corrected chi connectivity index (χ4v) is 3.52. The van der Waals surface area contributed by atoms with Crippen molar-refractivity contribution in [3.63, 3.8) is 0 Å². The Hall–Kier alpha value is -0.171. The predicted molar refractivity (Wildman–Crippen MR) is 68.8 cm³/mol. The zero-order valence-electron chi connectivity index (χ0n) is 8.69. The Morgan fingerprint density at radius 3 is 2.57 bits per heavy atom. The summed E-state index contributed by atoms with van der Waals surface area (Å²) in [6.07, 6.45) is 0. The van der Waals surface area contributed by atoms with Crippen molar-refractivity contribution in [2.45, 2.75) is 19.2 Å². The SMILES string of the molecule is CCS/C(=C/[Se]CC)c1ccccc1. The molecule has 0 aliphatic rings. The average molecular weight is 271 g/mol. The second-order valence-corrected chi connectivity index (χ2v) is 6.45. The minimum absolute atomic E-state index is 0.660. The molecule has 1 rings (SSSR count). The van der Waals surface area contributed by atoms with Crippen LogP contribution >= 0.6 is 11.8 Å². The summed E-state index contributed by atoms with van der Waals surface area (Å²) in [6.45, 7) is 4.45. The normalized spacial score (nSPS) is 11.7. The van der Waals surface area contributed by atoms with Gasteiger partial charge in [0.2, 0.25) is 0 Å². The van der Waals surface area contributed by atoms with Crippen LogP contribution in [0.25, 0.3) is 4.91 Å². The van der Waals surface area contributed by atoms with Crippen LogP contribution in [0, 0.1) is 0 Å². The van der Waals surface area contributed by atoms with E-state index in [2.05, 4.69) is 49.2 Å². The van der Waals surface area contributed by atoms with Crippen molar-refractivity contribution in [2.24, 2.45) is 0 Å². The number of hydrogen-bond donors (Lipinski definition) is 0. The molecule has 1 aromatic rings. The molecule has 0 atom stereocenters. The molecule has 0 unspecified atom stereocenters. The van der Waals surface area contributed by atoms with Crippen LogP contribution in [-0.2, 0) is 0 Å². The number of hydrogen-bond acceptors (Lipinski definition) is 1. The van der Waals surface area contributed by atoms with Crippen molar-refractivity contribution in [3.05, 3.63) is 40.9 Å². The molecule has 0 amide bonds. The van der Waals surface area contributed by atoms with Gasteiger partial charge in [-0.15, -0.1) is 0 Å². The van der Waals surface area contributed by atoms with Crippen molar-refractivity contribution < 1.29 is 0 Å². The third kappa shape index (κ3) is 3.91. The molecule has 14 heavy (non-hydrogen) atoms. The van der Waals surface area contributed by atoms with Crippen LogP contribution < -0.4 is 0 Å². The molecule has 0 radical (unpaired) electrons. The summed E-state index contributed by atoms with van der Waals surface area (Å²) in [6, 6.07) is 10.7. The summed E-state index contributed by atoms with van der Waals surface area (Å²) >= 11 is 2.61. The standard InChI is InChI=1S/C12H16SSe/c1-3-13-12(10-14-4-2)11-8-6-5-7-9-11/h5-10H,3-4H2,1-2H3/b12-10+. The van der Waals surface area contributed by atoms with E-state index in [0.29, 0.717) is 15.0 Å². The molecule has 0 N–H and O–H groups in total. The molecule has 0 aliphatic carbocycles. The van der Waals surface area contributed by atoms with E-state index in [1.807, 2.05) is 11.8 Å². The van der Waals surface area contributed by atoms with Crippen molar-refractivity contribution in [2.75, 3.05) is 5.75 Å². The van der Waals surface area contributed by atoms with Gasteiger partial charge in [-0.3, -0.25) is 0 Å². The second-order valence-electron chi connectivity index (χ2n) is 2.74. The van der Waals surface area contributed by atoms with Crippen LogP contribution in [0.1, 0.15) is 19.4 Å². The Bertz CT molecular complexity index is 280. The zero-order chi connectivity index (χ0) is 10.2. The van der Waals surface area contributed by atoms with Crippen LogP contribution in [0.4, 0.5) is 0 Å². The summed E-state index contributed by atoms with van der Waals surface area (Å²) < 4.78 is 0. The molecule has 76 valence electrons. The van der Waals surface area contributed by atoms with Crippen molar-refractivity contribution >= 4 is 31.6 Å². The Morgan fingerprint density at radius 1 is 1.29 bits per heavy atom. The van der Waals surface area contributed by atoms with Gasteiger partial charge < -0.3 is 0 Å². The Labute approximate surface area is 97.3 Å². The number of rotatable bonds is 5. The first-order chi connectivity index (χ1) is 6.88. The minimum atomic E-state index is 0.660. The molecule has 0 spiro atoms. The van der Waals surface area contributed by atoms with Gasteiger partial charge in [0.15, 0.2) is 0 Å². The Balaban J connectivity index is 2.77. The van der Waals surface area contributed by atoms with E-state index < -0.39 is 0 Å². The van der Waals surface area contributed by atoms with Gasteiger partial charge in [0.25, 0.3) is 0 Å². The maximum absolute atomic E-state index is 2.41.